The van der Waals surface area contributed by atoms with E-state index in [2.05, 4.69) is 4.74 Å². The molecule has 0 aromatic heterocycles. The van der Waals surface area contributed by atoms with Gasteiger partial charge in [-0.3, -0.25) is 4.79 Å². The summed E-state index contributed by atoms with van der Waals surface area (Å²) in [6.07, 6.45) is 4.50. The van der Waals surface area contributed by atoms with Crippen LogP contribution in [0, 0.1) is 0 Å². The zero-order valence-electron chi connectivity index (χ0n) is 23.2. The summed E-state index contributed by atoms with van der Waals surface area (Å²) in [6.45, 7) is 0. The van der Waals surface area contributed by atoms with Gasteiger partial charge in [-0.05, 0) is 65.2 Å². The summed E-state index contributed by atoms with van der Waals surface area (Å²) in [5.74, 6) is -2.32. The molecule has 3 aromatic carbocycles. The monoisotopic (exact) mass is 576 g/mol. The van der Waals surface area contributed by atoms with Crippen LogP contribution in [-0.4, -0.2) is 56.6 Å². The van der Waals surface area contributed by atoms with E-state index >= 15 is 0 Å². The fourth-order valence-electron chi connectivity index (χ4n) is 4.38. The van der Waals surface area contributed by atoms with Crippen molar-refractivity contribution in [2.24, 2.45) is 0 Å². The Morgan fingerprint density at radius 2 is 1.45 bits per heavy atom. The lowest BCUT2D eigenvalue weighted by Gasteiger charge is -2.19. The van der Waals surface area contributed by atoms with Gasteiger partial charge in [0.2, 0.25) is 0 Å². The summed E-state index contributed by atoms with van der Waals surface area (Å²) in [6, 6.07) is 12.2. The van der Waals surface area contributed by atoms with Crippen LogP contribution in [0.15, 0.2) is 60.7 Å². The minimum atomic E-state index is -0.895. The van der Waals surface area contributed by atoms with Crippen LogP contribution < -0.4 is 18.9 Å². The highest BCUT2D eigenvalue weighted by atomic mass is 16.6. The van der Waals surface area contributed by atoms with Crippen LogP contribution >= 0.6 is 0 Å². The van der Waals surface area contributed by atoms with Crippen LogP contribution in [0.25, 0.3) is 12.2 Å². The Balaban J connectivity index is 1.62. The van der Waals surface area contributed by atoms with E-state index in [0.717, 1.165) is 6.08 Å². The van der Waals surface area contributed by atoms with Crippen molar-refractivity contribution in [1.29, 1.82) is 0 Å². The van der Waals surface area contributed by atoms with Crippen LogP contribution in [0.5, 0.6) is 34.5 Å². The predicted octanol–water partition coefficient (Wildman–Crippen LogP) is 4.31. The van der Waals surface area contributed by atoms with Crippen molar-refractivity contribution in [2.75, 3.05) is 28.4 Å². The quantitative estimate of drug-likeness (QED) is 0.163. The standard InChI is InChI=1S/C31H28O11/c1-37-24-16-19(8-10-23(24)41-27(35)12-6-17-5-9-21(32)22(33)14-17)29-28(31(36)40-4)20-13-18(7-11-26(34)39-3)15-25(38-2)30(20)42-29/h5-16,28-29,32-33H,1-4H3/b11-7+,12-6+/t28-,29+/m1/s1. The minimum absolute atomic E-state index is 0.113. The van der Waals surface area contributed by atoms with Gasteiger partial charge in [0.1, 0.15) is 12.0 Å². The zero-order chi connectivity index (χ0) is 30.4. The summed E-state index contributed by atoms with van der Waals surface area (Å²) in [4.78, 5) is 37.1. The second kappa shape index (κ2) is 12.8. The van der Waals surface area contributed by atoms with E-state index in [1.165, 1.54) is 70.9 Å². The maximum atomic E-state index is 13.0. The molecule has 0 unspecified atom stereocenters. The highest BCUT2D eigenvalue weighted by molar-refractivity contribution is 5.89. The molecular formula is C31H28O11. The van der Waals surface area contributed by atoms with Gasteiger partial charge < -0.3 is 38.6 Å². The molecule has 0 fully saturated rings. The minimum Gasteiger partial charge on any atom is -0.504 e. The van der Waals surface area contributed by atoms with E-state index < -0.39 is 29.9 Å². The first-order valence-electron chi connectivity index (χ1n) is 12.5. The molecule has 1 aliphatic rings. The number of ether oxygens (including phenoxy) is 6. The second-order valence-corrected chi connectivity index (χ2v) is 8.95. The Bertz CT molecular complexity index is 1570. The second-order valence-electron chi connectivity index (χ2n) is 8.95. The summed E-state index contributed by atoms with van der Waals surface area (Å²) in [5, 5.41) is 19.1. The Morgan fingerprint density at radius 3 is 2.12 bits per heavy atom. The molecule has 11 nitrogen and oxygen atoms in total. The number of fused-ring (bicyclic) bond motifs is 1. The lowest BCUT2D eigenvalue weighted by Crippen LogP contribution is -2.20. The zero-order valence-corrected chi connectivity index (χ0v) is 23.2. The van der Waals surface area contributed by atoms with E-state index in [0.29, 0.717) is 33.8 Å². The number of aromatic hydroxyl groups is 2. The SMILES string of the molecule is COC(=O)/C=C/c1cc(OC)c2c(c1)[C@@H](C(=O)OC)[C@H](c1ccc(OC(=O)/C=C/c3ccc(O)c(O)c3)c(OC)c1)O2. The van der Waals surface area contributed by atoms with Crippen LogP contribution in [0.4, 0.5) is 0 Å². The highest BCUT2D eigenvalue weighted by Gasteiger charge is 2.43. The molecule has 0 saturated carbocycles. The van der Waals surface area contributed by atoms with Gasteiger partial charge in [-0.25, -0.2) is 9.59 Å². The van der Waals surface area contributed by atoms with Crippen molar-refractivity contribution in [2.45, 2.75) is 12.0 Å². The van der Waals surface area contributed by atoms with E-state index in [1.807, 2.05) is 0 Å². The van der Waals surface area contributed by atoms with Gasteiger partial charge in [-0.1, -0.05) is 12.1 Å². The molecule has 0 aliphatic carbocycles. The molecule has 3 aromatic rings. The largest absolute Gasteiger partial charge is 0.504 e. The lowest BCUT2D eigenvalue weighted by atomic mass is 9.90. The van der Waals surface area contributed by atoms with Crippen molar-refractivity contribution in [3.8, 4) is 34.5 Å². The van der Waals surface area contributed by atoms with Crippen LogP contribution in [0.1, 0.15) is 34.3 Å². The van der Waals surface area contributed by atoms with Crippen LogP contribution in [-0.2, 0) is 23.9 Å². The molecule has 4 rings (SSSR count). The Kier molecular flexibility index (Phi) is 9.01. The molecule has 1 heterocycles. The van der Waals surface area contributed by atoms with Crippen molar-refractivity contribution >= 4 is 30.1 Å². The molecule has 0 radical (unpaired) electrons. The molecule has 11 heteroatoms. The first kappa shape index (κ1) is 29.5. The first-order chi connectivity index (χ1) is 20.2. The van der Waals surface area contributed by atoms with E-state index in [9.17, 15) is 24.6 Å². The summed E-state index contributed by atoms with van der Waals surface area (Å²) < 4.78 is 32.4. The van der Waals surface area contributed by atoms with E-state index in [-0.39, 0.29) is 23.0 Å². The van der Waals surface area contributed by atoms with Gasteiger partial charge in [0, 0.05) is 17.7 Å². The van der Waals surface area contributed by atoms with Crippen molar-refractivity contribution < 1.29 is 53.0 Å². The molecule has 1 aliphatic heterocycles. The number of carbonyl (C=O) groups excluding carboxylic acids is 3. The number of esters is 3. The molecule has 0 spiro atoms. The lowest BCUT2D eigenvalue weighted by molar-refractivity contribution is -0.144. The van der Waals surface area contributed by atoms with Gasteiger partial charge in [0.05, 0.1) is 28.4 Å². The molecule has 0 bridgehead atoms. The number of methoxy groups -OCH3 is 4. The third-order valence-corrected chi connectivity index (χ3v) is 6.41. The molecular weight excluding hydrogens is 548 g/mol. The third kappa shape index (κ3) is 6.30. The Morgan fingerprint density at radius 1 is 0.738 bits per heavy atom. The normalized spacial score (nSPS) is 15.6. The average Bonchev–Trinajstić information content (AvgIpc) is 3.39. The molecule has 2 atom stereocenters. The van der Waals surface area contributed by atoms with Gasteiger partial charge in [0.25, 0.3) is 0 Å². The molecule has 0 saturated heterocycles. The van der Waals surface area contributed by atoms with Gasteiger partial charge in [-0.2, -0.15) is 0 Å². The summed E-state index contributed by atoms with van der Waals surface area (Å²) >= 11 is 0. The summed E-state index contributed by atoms with van der Waals surface area (Å²) in [5.41, 5.74) is 2.07. The molecule has 0 amide bonds. The van der Waals surface area contributed by atoms with Crippen LogP contribution in [0.2, 0.25) is 0 Å². The van der Waals surface area contributed by atoms with Crippen molar-refractivity contribution in [3.63, 3.8) is 0 Å². The van der Waals surface area contributed by atoms with Crippen LogP contribution in [0.3, 0.4) is 0 Å². The number of rotatable bonds is 9. The third-order valence-electron chi connectivity index (χ3n) is 6.41. The Labute approximate surface area is 241 Å². The number of benzene rings is 3. The number of carbonyl (C=O) groups is 3. The maximum absolute atomic E-state index is 13.0. The van der Waals surface area contributed by atoms with E-state index in [1.54, 1.807) is 24.3 Å². The molecule has 218 valence electrons. The molecule has 42 heavy (non-hydrogen) atoms. The van der Waals surface area contributed by atoms with Crippen molar-refractivity contribution in [1.82, 2.24) is 0 Å². The van der Waals surface area contributed by atoms with Crippen molar-refractivity contribution in [3.05, 3.63) is 82.9 Å². The van der Waals surface area contributed by atoms with Gasteiger partial charge >= 0.3 is 17.9 Å². The van der Waals surface area contributed by atoms with Gasteiger partial charge in [0.15, 0.2) is 34.5 Å². The topological polar surface area (TPSA) is 147 Å². The number of hydrogen-bond acceptors (Lipinski definition) is 11. The Hall–Kier alpha value is -5.45. The smallest absolute Gasteiger partial charge is 0.336 e. The molecule has 2 N–H and O–H groups in total. The number of phenols is 2. The predicted molar refractivity (Wildman–Crippen MR) is 150 cm³/mol. The average molecular weight is 577 g/mol. The summed E-state index contributed by atoms with van der Waals surface area (Å²) in [7, 11) is 5.39. The maximum Gasteiger partial charge on any atom is 0.336 e. The fraction of sp³-hybridized carbons (Fsp3) is 0.194. The highest BCUT2D eigenvalue weighted by Crippen LogP contribution is 2.52. The van der Waals surface area contributed by atoms with Gasteiger partial charge in [-0.15, -0.1) is 0 Å². The van der Waals surface area contributed by atoms with E-state index in [4.69, 9.17) is 23.7 Å². The number of hydrogen-bond donors (Lipinski definition) is 2. The number of phenolic OH excluding ortho intramolecular Hbond substituents is 2. The first-order valence-corrected chi connectivity index (χ1v) is 12.5. The fourth-order valence-corrected chi connectivity index (χ4v) is 4.38.